The number of carbonyl (C=O) groups is 2. The van der Waals surface area contributed by atoms with Gasteiger partial charge in [0.1, 0.15) is 5.69 Å². The number of benzene rings is 1. The quantitative estimate of drug-likeness (QED) is 0.924. The smallest absolute Gasteiger partial charge is 0.409 e. The molecule has 132 valence electrons. The summed E-state index contributed by atoms with van der Waals surface area (Å²) in [5, 5.41) is 3.04. The zero-order valence-corrected chi connectivity index (χ0v) is 14.2. The van der Waals surface area contributed by atoms with Crippen molar-refractivity contribution < 1.29 is 14.3 Å². The second-order valence-electron chi connectivity index (χ2n) is 5.92. The van der Waals surface area contributed by atoms with Gasteiger partial charge in [-0.05, 0) is 31.9 Å². The molecule has 0 radical (unpaired) electrons. The van der Waals surface area contributed by atoms with Crippen LogP contribution in [0.25, 0.3) is 5.69 Å². The molecule has 25 heavy (non-hydrogen) atoms. The number of ether oxygens (including phenoxy) is 1. The monoisotopic (exact) mass is 342 g/mol. The molecule has 1 aromatic carbocycles. The molecule has 1 aliphatic rings. The highest BCUT2D eigenvalue weighted by Crippen LogP contribution is 2.14. The molecule has 0 saturated carbocycles. The highest BCUT2D eigenvalue weighted by Gasteiger charge is 2.25. The van der Waals surface area contributed by atoms with Gasteiger partial charge in [-0.3, -0.25) is 9.36 Å². The average molecular weight is 342 g/mol. The van der Waals surface area contributed by atoms with E-state index >= 15 is 0 Å². The SMILES string of the molecule is CCOC(=O)N1CCC(NC(=O)c2cncn2-c2ccccc2)CC1. The fourth-order valence-electron chi connectivity index (χ4n) is 2.94. The standard InChI is InChI=1S/C18H22N4O3/c1-2-25-18(24)21-10-8-14(9-11-21)20-17(23)16-12-19-13-22(16)15-6-4-3-5-7-15/h3-7,12-14H,2,8-11H2,1H3,(H,20,23). The van der Waals surface area contributed by atoms with Gasteiger partial charge in [0.15, 0.2) is 0 Å². The third-order valence-electron chi connectivity index (χ3n) is 4.26. The minimum atomic E-state index is -0.283. The summed E-state index contributed by atoms with van der Waals surface area (Å²) in [6.45, 7) is 3.34. The fraction of sp³-hybridized carbons (Fsp3) is 0.389. The summed E-state index contributed by atoms with van der Waals surface area (Å²) in [4.78, 5) is 30.1. The Hall–Kier alpha value is -2.83. The van der Waals surface area contributed by atoms with Crippen LogP contribution in [0.4, 0.5) is 4.79 Å². The normalized spacial score (nSPS) is 15.0. The lowest BCUT2D eigenvalue weighted by Crippen LogP contribution is -2.47. The molecule has 1 aliphatic heterocycles. The number of nitrogens with zero attached hydrogens (tertiary/aromatic N) is 3. The fourth-order valence-corrected chi connectivity index (χ4v) is 2.94. The lowest BCUT2D eigenvalue weighted by Gasteiger charge is -2.31. The number of likely N-dealkylation sites (tertiary alicyclic amines) is 1. The zero-order chi connectivity index (χ0) is 17.6. The molecule has 2 amide bonds. The van der Waals surface area contributed by atoms with Crippen LogP contribution in [-0.2, 0) is 4.74 Å². The third kappa shape index (κ3) is 3.99. The van der Waals surface area contributed by atoms with Crippen LogP contribution in [0, 0.1) is 0 Å². The predicted molar refractivity (Wildman–Crippen MR) is 92.6 cm³/mol. The van der Waals surface area contributed by atoms with Gasteiger partial charge < -0.3 is 15.0 Å². The van der Waals surface area contributed by atoms with E-state index in [2.05, 4.69) is 10.3 Å². The van der Waals surface area contributed by atoms with Crippen molar-refractivity contribution in [2.75, 3.05) is 19.7 Å². The first-order valence-electron chi connectivity index (χ1n) is 8.49. The largest absolute Gasteiger partial charge is 0.450 e. The van der Waals surface area contributed by atoms with Crippen LogP contribution in [0.5, 0.6) is 0 Å². The Morgan fingerprint density at radius 3 is 2.64 bits per heavy atom. The Morgan fingerprint density at radius 1 is 1.24 bits per heavy atom. The van der Waals surface area contributed by atoms with Gasteiger partial charge in [0.2, 0.25) is 0 Å². The summed E-state index contributed by atoms with van der Waals surface area (Å²) in [5.74, 6) is -0.157. The molecule has 2 heterocycles. The summed E-state index contributed by atoms with van der Waals surface area (Å²) in [6, 6.07) is 9.66. The van der Waals surface area contributed by atoms with E-state index in [1.807, 2.05) is 30.3 Å². The van der Waals surface area contributed by atoms with Gasteiger partial charge in [-0.1, -0.05) is 18.2 Å². The predicted octanol–water partition coefficient (Wildman–Crippen LogP) is 2.22. The van der Waals surface area contributed by atoms with E-state index in [1.54, 1.807) is 28.9 Å². The number of para-hydroxylation sites is 1. The number of hydrogen-bond donors (Lipinski definition) is 1. The zero-order valence-electron chi connectivity index (χ0n) is 14.2. The van der Waals surface area contributed by atoms with Crippen LogP contribution in [0.3, 0.4) is 0 Å². The number of piperidine rings is 1. The molecule has 0 bridgehead atoms. The number of amides is 2. The molecule has 0 aliphatic carbocycles. The van der Waals surface area contributed by atoms with E-state index in [9.17, 15) is 9.59 Å². The van der Waals surface area contributed by atoms with Crippen LogP contribution in [0.2, 0.25) is 0 Å². The molecule has 1 aromatic heterocycles. The number of imidazole rings is 1. The van der Waals surface area contributed by atoms with E-state index in [0.29, 0.717) is 38.2 Å². The van der Waals surface area contributed by atoms with Gasteiger partial charge >= 0.3 is 6.09 Å². The molecule has 0 unspecified atom stereocenters. The molecule has 3 rings (SSSR count). The molecule has 1 saturated heterocycles. The number of rotatable bonds is 4. The van der Waals surface area contributed by atoms with Gasteiger partial charge in [-0.25, -0.2) is 9.78 Å². The summed E-state index contributed by atoms with van der Waals surface area (Å²) in [5.41, 5.74) is 1.39. The minimum absolute atomic E-state index is 0.0392. The number of carbonyl (C=O) groups excluding carboxylic acids is 2. The summed E-state index contributed by atoms with van der Waals surface area (Å²) >= 11 is 0. The van der Waals surface area contributed by atoms with Gasteiger partial charge in [0.25, 0.3) is 5.91 Å². The minimum Gasteiger partial charge on any atom is -0.450 e. The van der Waals surface area contributed by atoms with Crippen LogP contribution in [0.15, 0.2) is 42.9 Å². The maximum absolute atomic E-state index is 12.6. The second kappa shape index (κ2) is 7.83. The van der Waals surface area contributed by atoms with Crippen molar-refractivity contribution in [2.45, 2.75) is 25.8 Å². The van der Waals surface area contributed by atoms with Crippen molar-refractivity contribution in [3.05, 3.63) is 48.5 Å². The molecular formula is C18H22N4O3. The van der Waals surface area contributed by atoms with E-state index in [-0.39, 0.29) is 18.0 Å². The molecule has 0 atom stereocenters. The van der Waals surface area contributed by atoms with Crippen LogP contribution in [-0.4, -0.2) is 52.2 Å². The Balaban J connectivity index is 1.60. The van der Waals surface area contributed by atoms with Gasteiger partial charge in [-0.2, -0.15) is 0 Å². The van der Waals surface area contributed by atoms with E-state index in [0.717, 1.165) is 5.69 Å². The first-order valence-corrected chi connectivity index (χ1v) is 8.49. The Bertz CT molecular complexity index is 721. The van der Waals surface area contributed by atoms with Crippen molar-refractivity contribution in [3.63, 3.8) is 0 Å². The van der Waals surface area contributed by atoms with Gasteiger partial charge in [0, 0.05) is 24.8 Å². The number of nitrogens with one attached hydrogen (secondary N) is 1. The van der Waals surface area contributed by atoms with Gasteiger partial charge in [0.05, 0.1) is 19.1 Å². The van der Waals surface area contributed by atoms with Crippen molar-refractivity contribution in [3.8, 4) is 5.69 Å². The molecule has 7 heteroatoms. The maximum atomic E-state index is 12.6. The molecule has 7 nitrogen and oxygen atoms in total. The average Bonchev–Trinajstić information content (AvgIpc) is 3.13. The van der Waals surface area contributed by atoms with Gasteiger partial charge in [-0.15, -0.1) is 0 Å². The Kier molecular flexibility index (Phi) is 5.33. The molecule has 2 aromatic rings. The summed E-state index contributed by atoms with van der Waals surface area (Å²) < 4.78 is 6.78. The van der Waals surface area contributed by atoms with Crippen LogP contribution < -0.4 is 5.32 Å². The summed E-state index contributed by atoms with van der Waals surface area (Å²) in [6.07, 6.45) is 4.34. The maximum Gasteiger partial charge on any atom is 0.409 e. The lowest BCUT2D eigenvalue weighted by atomic mass is 10.1. The number of aromatic nitrogens is 2. The van der Waals surface area contributed by atoms with Crippen molar-refractivity contribution in [2.24, 2.45) is 0 Å². The molecular weight excluding hydrogens is 320 g/mol. The first-order chi connectivity index (χ1) is 12.2. The van der Waals surface area contributed by atoms with E-state index in [1.165, 1.54) is 0 Å². The van der Waals surface area contributed by atoms with Crippen molar-refractivity contribution >= 4 is 12.0 Å². The van der Waals surface area contributed by atoms with E-state index in [4.69, 9.17) is 4.74 Å². The van der Waals surface area contributed by atoms with E-state index < -0.39 is 0 Å². The highest BCUT2D eigenvalue weighted by atomic mass is 16.6. The lowest BCUT2D eigenvalue weighted by molar-refractivity contribution is 0.0855. The molecule has 1 fully saturated rings. The van der Waals surface area contributed by atoms with Crippen molar-refractivity contribution in [1.29, 1.82) is 0 Å². The summed E-state index contributed by atoms with van der Waals surface area (Å²) in [7, 11) is 0. The molecule has 1 N–H and O–H groups in total. The molecule has 0 spiro atoms. The first kappa shape index (κ1) is 17.0. The Labute approximate surface area is 146 Å². The third-order valence-corrected chi connectivity index (χ3v) is 4.26. The highest BCUT2D eigenvalue weighted by molar-refractivity contribution is 5.93. The van der Waals surface area contributed by atoms with Crippen molar-refractivity contribution in [1.82, 2.24) is 19.8 Å². The van der Waals surface area contributed by atoms with Crippen LogP contribution in [0.1, 0.15) is 30.3 Å². The second-order valence-corrected chi connectivity index (χ2v) is 5.92. The topological polar surface area (TPSA) is 76.5 Å². The number of hydrogen-bond acceptors (Lipinski definition) is 4. The Morgan fingerprint density at radius 2 is 1.96 bits per heavy atom. The van der Waals surface area contributed by atoms with Crippen LogP contribution >= 0.6 is 0 Å².